The van der Waals surface area contributed by atoms with Crippen LogP contribution in [0.2, 0.25) is 0 Å². The van der Waals surface area contributed by atoms with Gasteiger partial charge in [0.15, 0.2) is 0 Å². The van der Waals surface area contributed by atoms with Gasteiger partial charge in [-0.15, -0.1) is 0 Å². The molecule has 5 nitrogen and oxygen atoms in total. The minimum Gasteiger partial charge on any atom is -0.327 e. The highest BCUT2D eigenvalue weighted by molar-refractivity contribution is 9.10. The van der Waals surface area contributed by atoms with Gasteiger partial charge in [0, 0.05) is 23.8 Å². The van der Waals surface area contributed by atoms with E-state index in [9.17, 15) is 13.2 Å². The van der Waals surface area contributed by atoms with Crippen molar-refractivity contribution in [2.75, 3.05) is 13.1 Å². The predicted octanol–water partition coefficient (Wildman–Crippen LogP) is 0.922. The summed E-state index contributed by atoms with van der Waals surface area (Å²) < 4.78 is 26.1. The fraction of sp³-hybridized carbons (Fsp3) is 0.444. The van der Waals surface area contributed by atoms with Gasteiger partial charge < -0.3 is 4.98 Å². The molecule has 0 aliphatic carbocycles. The van der Waals surface area contributed by atoms with E-state index < -0.39 is 15.6 Å². The smallest absolute Gasteiger partial charge is 0.268 e. The molecule has 0 bridgehead atoms. The minimum atomic E-state index is -3.63. The molecule has 7 heteroatoms. The Balaban J connectivity index is 2.50. The highest BCUT2D eigenvalue weighted by Gasteiger charge is 2.29. The Bertz CT molecular complexity index is 546. The Hall–Kier alpha value is -0.660. The summed E-state index contributed by atoms with van der Waals surface area (Å²) in [7, 11) is -3.63. The monoisotopic (exact) mass is 306 g/mol. The van der Waals surface area contributed by atoms with Crippen molar-refractivity contribution in [1.29, 1.82) is 0 Å². The Labute approximate surface area is 102 Å². The first-order valence-corrected chi connectivity index (χ1v) is 7.13. The molecule has 0 saturated carbocycles. The summed E-state index contributed by atoms with van der Waals surface area (Å²) in [6.45, 7) is 0.989. The zero-order valence-electron chi connectivity index (χ0n) is 8.44. The lowest BCUT2D eigenvalue weighted by Gasteiger charge is -2.14. The number of aromatic nitrogens is 1. The number of nitrogens with zero attached hydrogens (tertiary/aromatic N) is 1. The first kappa shape index (κ1) is 11.8. The SMILES string of the molecule is O=c1[nH]cc(Br)cc1S(=O)(=O)N1CCCC1. The van der Waals surface area contributed by atoms with Crippen molar-refractivity contribution < 1.29 is 8.42 Å². The van der Waals surface area contributed by atoms with Crippen LogP contribution in [0.15, 0.2) is 26.4 Å². The van der Waals surface area contributed by atoms with Crippen LogP contribution in [0.3, 0.4) is 0 Å². The fourth-order valence-electron chi connectivity index (χ4n) is 1.70. The molecule has 1 aromatic rings. The van der Waals surface area contributed by atoms with E-state index in [-0.39, 0.29) is 4.90 Å². The third-order valence-electron chi connectivity index (χ3n) is 2.52. The summed E-state index contributed by atoms with van der Waals surface area (Å²) in [4.78, 5) is 13.7. The Kier molecular flexibility index (Phi) is 3.18. The molecular formula is C9H11BrN2O3S. The molecule has 0 aromatic carbocycles. The van der Waals surface area contributed by atoms with Crippen LogP contribution in [-0.2, 0) is 10.0 Å². The summed E-state index contributed by atoms with van der Waals surface area (Å²) in [6.07, 6.45) is 3.13. The van der Waals surface area contributed by atoms with Gasteiger partial charge in [-0.05, 0) is 34.8 Å². The molecule has 1 N–H and O–H groups in total. The number of rotatable bonds is 2. The van der Waals surface area contributed by atoms with Gasteiger partial charge in [-0.2, -0.15) is 4.31 Å². The zero-order valence-corrected chi connectivity index (χ0v) is 10.8. The molecule has 1 fully saturated rings. The summed E-state index contributed by atoms with van der Waals surface area (Å²) in [5.41, 5.74) is -0.574. The molecule has 0 amide bonds. The molecule has 2 heterocycles. The molecule has 1 saturated heterocycles. The molecule has 16 heavy (non-hydrogen) atoms. The molecule has 2 rings (SSSR count). The fourth-order valence-corrected chi connectivity index (χ4v) is 3.78. The van der Waals surface area contributed by atoms with Crippen molar-refractivity contribution in [3.05, 3.63) is 27.1 Å². The second-order valence-electron chi connectivity index (χ2n) is 3.62. The third-order valence-corrected chi connectivity index (χ3v) is 4.88. The van der Waals surface area contributed by atoms with Gasteiger partial charge in [0.05, 0.1) is 0 Å². The van der Waals surface area contributed by atoms with Gasteiger partial charge >= 0.3 is 0 Å². The van der Waals surface area contributed by atoms with E-state index in [0.717, 1.165) is 12.8 Å². The van der Waals surface area contributed by atoms with Crippen LogP contribution < -0.4 is 5.56 Å². The van der Waals surface area contributed by atoms with Crippen molar-refractivity contribution >= 4 is 26.0 Å². The number of hydrogen-bond donors (Lipinski definition) is 1. The average Bonchev–Trinajstić information content (AvgIpc) is 2.75. The normalized spacial score (nSPS) is 17.8. The van der Waals surface area contributed by atoms with Crippen LogP contribution in [0.4, 0.5) is 0 Å². The van der Waals surface area contributed by atoms with Crippen molar-refractivity contribution in [2.45, 2.75) is 17.7 Å². The number of nitrogens with one attached hydrogen (secondary N) is 1. The van der Waals surface area contributed by atoms with E-state index in [1.165, 1.54) is 16.6 Å². The Morgan fingerprint density at radius 2 is 1.94 bits per heavy atom. The standard InChI is InChI=1S/C9H11BrN2O3S/c10-7-5-8(9(13)11-6-7)16(14,15)12-3-1-2-4-12/h5-6H,1-4H2,(H,11,13). The summed E-state index contributed by atoms with van der Waals surface area (Å²) >= 11 is 3.14. The molecule has 0 atom stereocenters. The number of aromatic amines is 1. The lowest BCUT2D eigenvalue weighted by molar-refractivity contribution is 0.476. The zero-order chi connectivity index (χ0) is 11.8. The summed E-state index contributed by atoms with van der Waals surface area (Å²) in [5, 5.41) is 0. The van der Waals surface area contributed by atoms with Gasteiger partial charge in [0.25, 0.3) is 5.56 Å². The summed E-state index contributed by atoms with van der Waals surface area (Å²) in [5.74, 6) is 0. The molecule has 1 aromatic heterocycles. The number of pyridine rings is 1. The number of halogens is 1. The summed E-state index contributed by atoms with van der Waals surface area (Å²) in [6, 6.07) is 1.34. The number of hydrogen-bond acceptors (Lipinski definition) is 3. The molecule has 1 aliphatic heterocycles. The predicted molar refractivity (Wildman–Crippen MR) is 62.8 cm³/mol. The molecule has 0 radical (unpaired) electrons. The van der Waals surface area contributed by atoms with Gasteiger partial charge in [-0.25, -0.2) is 8.42 Å². The van der Waals surface area contributed by atoms with Gasteiger partial charge in [0.1, 0.15) is 4.90 Å². The molecule has 1 aliphatic rings. The first-order valence-electron chi connectivity index (χ1n) is 4.90. The number of sulfonamides is 1. The Morgan fingerprint density at radius 1 is 1.31 bits per heavy atom. The van der Waals surface area contributed by atoms with Gasteiger partial charge in [-0.1, -0.05) is 0 Å². The average molecular weight is 307 g/mol. The van der Waals surface area contributed by atoms with Crippen LogP contribution in [-0.4, -0.2) is 30.8 Å². The van der Waals surface area contributed by atoms with Crippen molar-refractivity contribution in [3.8, 4) is 0 Å². The maximum absolute atomic E-state index is 12.1. The second kappa shape index (κ2) is 4.31. The third kappa shape index (κ3) is 2.07. The molecule has 0 unspecified atom stereocenters. The van der Waals surface area contributed by atoms with Gasteiger partial charge in [-0.3, -0.25) is 4.79 Å². The van der Waals surface area contributed by atoms with Crippen molar-refractivity contribution in [1.82, 2.24) is 9.29 Å². The van der Waals surface area contributed by atoms with E-state index in [4.69, 9.17) is 0 Å². The van der Waals surface area contributed by atoms with Crippen LogP contribution >= 0.6 is 15.9 Å². The Morgan fingerprint density at radius 3 is 2.56 bits per heavy atom. The van der Waals surface area contributed by atoms with Crippen molar-refractivity contribution in [2.24, 2.45) is 0 Å². The largest absolute Gasteiger partial charge is 0.327 e. The topological polar surface area (TPSA) is 70.2 Å². The maximum Gasteiger partial charge on any atom is 0.268 e. The highest BCUT2D eigenvalue weighted by atomic mass is 79.9. The quantitative estimate of drug-likeness (QED) is 0.883. The molecule has 88 valence electrons. The van der Waals surface area contributed by atoms with E-state index in [2.05, 4.69) is 20.9 Å². The number of H-pyrrole nitrogens is 1. The van der Waals surface area contributed by atoms with E-state index >= 15 is 0 Å². The maximum atomic E-state index is 12.1. The minimum absolute atomic E-state index is 0.191. The lowest BCUT2D eigenvalue weighted by atomic mass is 10.4. The molecular weight excluding hydrogens is 296 g/mol. The van der Waals surface area contributed by atoms with Crippen molar-refractivity contribution in [3.63, 3.8) is 0 Å². The van der Waals surface area contributed by atoms with E-state index in [1.807, 2.05) is 0 Å². The second-order valence-corrected chi connectivity index (χ2v) is 6.44. The van der Waals surface area contributed by atoms with Gasteiger partial charge in [0.2, 0.25) is 10.0 Å². The van der Waals surface area contributed by atoms with Crippen LogP contribution in [0, 0.1) is 0 Å². The van der Waals surface area contributed by atoms with E-state index in [1.54, 1.807) is 0 Å². The highest BCUT2D eigenvalue weighted by Crippen LogP contribution is 2.19. The lowest BCUT2D eigenvalue weighted by Crippen LogP contribution is -2.32. The van der Waals surface area contributed by atoms with Crippen LogP contribution in [0.25, 0.3) is 0 Å². The van der Waals surface area contributed by atoms with Crippen LogP contribution in [0.5, 0.6) is 0 Å². The first-order chi connectivity index (χ1) is 7.51. The van der Waals surface area contributed by atoms with E-state index in [0.29, 0.717) is 17.6 Å². The van der Waals surface area contributed by atoms with Crippen LogP contribution in [0.1, 0.15) is 12.8 Å². The molecule has 0 spiro atoms.